The summed E-state index contributed by atoms with van der Waals surface area (Å²) in [6, 6.07) is 3.21. The molecule has 0 spiro atoms. The maximum Gasteiger partial charge on any atom is 0.262 e. The van der Waals surface area contributed by atoms with E-state index < -0.39 is 0 Å². The molecule has 0 atom stereocenters. The fourth-order valence-corrected chi connectivity index (χ4v) is 2.32. The summed E-state index contributed by atoms with van der Waals surface area (Å²) in [7, 11) is 0. The van der Waals surface area contributed by atoms with Crippen LogP contribution in [0.5, 0.6) is 5.75 Å². The third kappa shape index (κ3) is 2.37. The van der Waals surface area contributed by atoms with E-state index in [1.54, 1.807) is 18.3 Å². The van der Waals surface area contributed by atoms with Crippen LogP contribution in [0.2, 0.25) is 0 Å². The summed E-state index contributed by atoms with van der Waals surface area (Å²) in [6.45, 7) is -0.0581. The van der Waals surface area contributed by atoms with Crippen LogP contribution in [0, 0.1) is 0 Å². The number of carbonyl (C=O) groups is 2. The van der Waals surface area contributed by atoms with Crippen LogP contribution in [0.15, 0.2) is 29.0 Å². The summed E-state index contributed by atoms with van der Waals surface area (Å²) in [5.74, 6) is -0.0632. The Kier molecular flexibility index (Phi) is 3.15. The third-order valence-corrected chi connectivity index (χ3v) is 3.36. The van der Waals surface area contributed by atoms with E-state index in [4.69, 9.17) is 4.74 Å². The van der Waals surface area contributed by atoms with E-state index >= 15 is 0 Å². The first-order valence-corrected chi connectivity index (χ1v) is 6.49. The first-order chi connectivity index (χ1) is 9.63. The number of rotatable bonds is 2. The Bertz CT molecular complexity index is 684. The molecule has 1 aliphatic rings. The molecular weight excluding hydrogens is 328 g/mol. The first kappa shape index (κ1) is 12.7. The Hall–Kier alpha value is -2.35. The smallest absolute Gasteiger partial charge is 0.262 e. The molecule has 2 aromatic rings. The van der Waals surface area contributed by atoms with Crippen LogP contribution in [0.3, 0.4) is 0 Å². The lowest BCUT2D eigenvalue weighted by Crippen LogP contribution is -2.26. The van der Waals surface area contributed by atoms with Crippen molar-refractivity contribution >= 4 is 39.1 Å². The average Bonchev–Trinajstić information content (AvgIpc) is 2.90. The zero-order chi connectivity index (χ0) is 14.1. The molecule has 0 radical (unpaired) electrons. The molecule has 102 valence electrons. The highest BCUT2D eigenvalue weighted by Gasteiger charge is 2.20. The summed E-state index contributed by atoms with van der Waals surface area (Å²) >= 11 is 3.31. The molecule has 0 saturated heterocycles. The lowest BCUT2D eigenvalue weighted by molar-refractivity contribution is -0.118. The molecule has 8 heteroatoms. The van der Waals surface area contributed by atoms with Gasteiger partial charge in [-0.15, -0.1) is 0 Å². The molecule has 0 unspecified atom stereocenters. The van der Waals surface area contributed by atoms with Crippen molar-refractivity contribution in [1.82, 2.24) is 10.2 Å². The highest BCUT2D eigenvalue weighted by atomic mass is 79.9. The SMILES string of the molecule is O=C1COc2cc(C(=O)Nc3cn[nH]c3)c(Br)cc2N1. The molecule has 0 aliphatic carbocycles. The van der Waals surface area contributed by atoms with Crippen molar-refractivity contribution < 1.29 is 14.3 Å². The lowest BCUT2D eigenvalue weighted by atomic mass is 10.1. The maximum atomic E-state index is 12.2. The zero-order valence-electron chi connectivity index (χ0n) is 10.1. The largest absolute Gasteiger partial charge is 0.482 e. The fraction of sp³-hybridized carbons (Fsp3) is 0.0833. The van der Waals surface area contributed by atoms with Gasteiger partial charge < -0.3 is 15.4 Å². The van der Waals surface area contributed by atoms with Crippen LogP contribution < -0.4 is 15.4 Å². The number of ether oxygens (including phenoxy) is 1. The molecule has 0 bridgehead atoms. The fourth-order valence-electron chi connectivity index (χ4n) is 1.79. The van der Waals surface area contributed by atoms with Crippen LogP contribution >= 0.6 is 15.9 Å². The average molecular weight is 337 g/mol. The predicted octanol–water partition coefficient (Wildman–Crippen LogP) is 1.76. The van der Waals surface area contributed by atoms with Gasteiger partial charge in [-0.05, 0) is 28.1 Å². The van der Waals surface area contributed by atoms with E-state index in [9.17, 15) is 9.59 Å². The van der Waals surface area contributed by atoms with E-state index in [1.165, 1.54) is 6.20 Å². The molecule has 1 aromatic carbocycles. The van der Waals surface area contributed by atoms with Crippen LogP contribution in [0.4, 0.5) is 11.4 Å². The molecule has 0 saturated carbocycles. The minimum absolute atomic E-state index is 0.0581. The van der Waals surface area contributed by atoms with E-state index in [1.807, 2.05) is 0 Å². The van der Waals surface area contributed by atoms with E-state index in [-0.39, 0.29) is 18.4 Å². The molecular formula is C12H9BrN4O3. The Morgan fingerprint density at radius 3 is 3.05 bits per heavy atom. The zero-order valence-corrected chi connectivity index (χ0v) is 11.7. The van der Waals surface area contributed by atoms with Crippen molar-refractivity contribution in [3.05, 3.63) is 34.6 Å². The van der Waals surface area contributed by atoms with Crippen molar-refractivity contribution in [1.29, 1.82) is 0 Å². The van der Waals surface area contributed by atoms with Crippen LogP contribution in [-0.2, 0) is 4.79 Å². The number of nitrogens with zero attached hydrogens (tertiary/aromatic N) is 1. The van der Waals surface area contributed by atoms with Gasteiger partial charge in [0, 0.05) is 10.7 Å². The van der Waals surface area contributed by atoms with Gasteiger partial charge in [0.1, 0.15) is 5.75 Å². The van der Waals surface area contributed by atoms with Gasteiger partial charge in [0.05, 0.1) is 23.1 Å². The second-order valence-corrected chi connectivity index (χ2v) is 4.96. The molecule has 3 N–H and O–H groups in total. The maximum absolute atomic E-state index is 12.2. The van der Waals surface area contributed by atoms with Gasteiger partial charge in [0.25, 0.3) is 11.8 Å². The van der Waals surface area contributed by atoms with Crippen LogP contribution in [-0.4, -0.2) is 28.6 Å². The topological polar surface area (TPSA) is 96.1 Å². The monoisotopic (exact) mass is 336 g/mol. The number of aromatic nitrogens is 2. The summed E-state index contributed by atoms with van der Waals surface area (Å²) in [6.07, 6.45) is 3.07. The Balaban J connectivity index is 1.90. The number of halogens is 1. The van der Waals surface area contributed by atoms with E-state index in [0.717, 1.165) is 0 Å². The van der Waals surface area contributed by atoms with Gasteiger partial charge in [-0.3, -0.25) is 14.7 Å². The Morgan fingerprint density at radius 1 is 1.45 bits per heavy atom. The van der Waals surface area contributed by atoms with E-state index in [2.05, 4.69) is 36.8 Å². The highest BCUT2D eigenvalue weighted by Crippen LogP contribution is 2.33. The minimum atomic E-state index is -0.304. The van der Waals surface area contributed by atoms with Crippen LogP contribution in [0.25, 0.3) is 0 Å². The quantitative estimate of drug-likeness (QED) is 0.778. The summed E-state index contributed by atoms with van der Waals surface area (Å²) in [4.78, 5) is 23.4. The summed E-state index contributed by atoms with van der Waals surface area (Å²) < 4.78 is 5.84. The number of aromatic amines is 1. The molecule has 20 heavy (non-hydrogen) atoms. The van der Waals surface area contributed by atoms with Crippen molar-refractivity contribution in [2.24, 2.45) is 0 Å². The number of fused-ring (bicyclic) bond motifs is 1. The predicted molar refractivity (Wildman–Crippen MR) is 74.8 cm³/mol. The number of hydrogen-bond donors (Lipinski definition) is 3. The van der Waals surface area contributed by atoms with Gasteiger partial charge in [-0.2, -0.15) is 5.10 Å². The molecule has 2 amide bonds. The van der Waals surface area contributed by atoms with Gasteiger partial charge in [0.15, 0.2) is 6.61 Å². The van der Waals surface area contributed by atoms with Gasteiger partial charge >= 0.3 is 0 Å². The second-order valence-electron chi connectivity index (χ2n) is 4.11. The number of amides is 2. The standard InChI is InChI=1S/C12H9BrN4O3/c13-8-2-9-10(20-5-11(18)17-9)1-7(8)12(19)16-6-3-14-15-4-6/h1-4H,5H2,(H,14,15)(H,16,19)(H,17,18). The minimum Gasteiger partial charge on any atom is -0.482 e. The second kappa shape index (κ2) is 4.97. The Morgan fingerprint density at radius 2 is 2.30 bits per heavy atom. The summed E-state index contributed by atoms with van der Waals surface area (Å²) in [5, 5.41) is 11.7. The normalized spacial score (nSPS) is 13.2. The molecule has 1 aliphatic heterocycles. The van der Waals surface area contributed by atoms with Crippen molar-refractivity contribution in [3.8, 4) is 5.75 Å². The molecule has 7 nitrogen and oxygen atoms in total. The number of carbonyl (C=O) groups excluding carboxylic acids is 2. The summed E-state index contributed by atoms with van der Waals surface area (Å²) in [5.41, 5.74) is 1.50. The number of H-pyrrole nitrogens is 1. The molecule has 0 fully saturated rings. The van der Waals surface area contributed by atoms with Crippen molar-refractivity contribution in [3.63, 3.8) is 0 Å². The Labute approximate surface area is 121 Å². The molecule has 1 aromatic heterocycles. The van der Waals surface area contributed by atoms with Gasteiger partial charge in [-0.25, -0.2) is 0 Å². The van der Waals surface area contributed by atoms with Gasteiger partial charge in [0.2, 0.25) is 0 Å². The number of benzene rings is 1. The van der Waals surface area contributed by atoms with Crippen LogP contribution in [0.1, 0.15) is 10.4 Å². The highest BCUT2D eigenvalue weighted by molar-refractivity contribution is 9.10. The number of nitrogens with one attached hydrogen (secondary N) is 3. The lowest BCUT2D eigenvalue weighted by Gasteiger charge is -2.19. The first-order valence-electron chi connectivity index (χ1n) is 5.70. The van der Waals surface area contributed by atoms with Crippen molar-refractivity contribution in [2.75, 3.05) is 17.2 Å². The number of hydrogen-bond acceptors (Lipinski definition) is 4. The van der Waals surface area contributed by atoms with Crippen molar-refractivity contribution in [2.45, 2.75) is 0 Å². The van der Waals surface area contributed by atoms with Gasteiger partial charge in [-0.1, -0.05) is 0 Å². The number of anilines is 2. The third-order valence-electron chi connectivity index (χ3n) is 2.70. The molecule has 3 rings (SSSR count). The van der Waals surface area contributed by atoms with E-state index in [0.29, 0.717) is 27.2 Å². The molecule has 2 heterocycles.